The predicted octanol–water partition coefficient (Wildman–Crippen LogP) is 4.65. The summed E-state index contributed by atoms with van der Waals surface area (Å²) in [6, 6.07) is 17.9. The Balaban J connectivity index is 1.68. The number of para-hydroxylation sites is 1. The van der Waals surface area contributed by atoms with Crippen LogP contribution in [-0.4, -0.2) is 17.8 Å². The predicted molar refractivity (Wildman–Crippen MR) is 96.4 cm³/mol. The Hall–Kier alpha value is -2.66. The molecule has 3 aromatic rings. The average molecular weight is 323 g/mol. The van der Waals surface area contributed by atoms with Gasteiger partial charge in [-0.15, -0.1) is 11.3 Å². The molecule has 3 rings (SSSR count). The highest BCUT2D eigenvalue weighted by molar-refractivity contribution is 7.14. The van der Waals surface area contributed by atoms with Crippen molar-refractivity contribution in [2.24, 2.45) is 5.10 Å². The molecule has 0 aliphatic carbocycles. The van der Waals surface area contributed by atoms with E-state index in [-0.39, 0.29) is 0 Å². The van der Waals surface area contributed by atoms with Gasteiger partial charge in [0.05, 0.1) is 18.5 Å². The van der Waals surface area contributed by atoms with E-state index in [0.29, 0.717) is 6.61 Å². The number of rotatable bonds is 6. The molecule has 1 aromatic heterocycles. The Bertz CT molecular complexity index is 784. The fourth-order valence-corrected chi connectivity index (χ4v) is 2.77. The van der Waals surface area contributed by atoms with Crippen molar-refractivity contribution in [2.45, 2.75) is 6.92 Å². The molecule has 5 heteroatoms. The zero-order valence-corrected chi connectivity index (χ0v) is 13.6. The van der Waals surface area contributed by atoms with Gasteiger partial charge in [0, 0.05) is 16.5 Å². The number of hydrogen-bond donors (Lipinski definition) is 1. The summed E-state index contributed by atoms with van der Waals surface area (Å²) in [5.41, 5.74) is 5.95. The standard InChI is InChI=1S/C18H17N3OS/c1-2-22-17-11-7-6-10-15(17)12-19-21-18-20-16(13-23-18)14-8-4-3-5-9-14/h3-13H,2H2,1H3,(H,20,21)/b19-12+. The lowest BCUT2D eigenvalue weighted by molar-refractivity contribution is 0.340. The minimum Gasteiger partial charge on any atom is -0.493 e. The molecular formula is C18H17N3OS. The van der Waals surface area contributed by atoms with E-state index in [2.05, 4.69) is 15.5 Å². The molecule has 116 valence electrons. The summed E-state index contributed by atoms with van der Waals surface area (Å²) in [5.74, 6) is 0.824. The Morgan fingerprint density at radius 2 is 1.91 bits per heavy atom. The van der Waals surface area contributed by atoms with Crippen LogP contribution in [0.1, 0.15) is 12.5 Å². The zero-order chi connectivity index (χ0) is 15.9. The van der Waals surface area contributed by atoms with Crippen molar-refractivity contribution in [3.8, 4) is 17.0 Å². The van der Waals surface area contributed by atoms with E-state index in [1.807, 2.05) is 66.9 Å². The molecule has 0 bridgehead atoms. The first-order valence-electron chi connectivity index (χ1n) is 7.38. The molecule has 0 unspecified atom stereocenters. The maximum atomic E-state index is 5.57. The molecule has 1 N–H and O–H groups in total. The van der Waals surface area contributed by atoms with Gasteiger partial charge in [-0.25, -0.2) is 4.98 Å². The van der Waals surface area contributed by atoms with Crippen LogP contribution in [0.15, 0.2) is 65.1 Å². The molecule has 0 saturated heterocycles. The van der Waals surface area contributed by atoms with Crippen LogP contribution in [0.3, 0.4) is 0 Å². The summed E-state index contributed by atoms with van der Waals surface area (Å²) in [7, 11) is 0. The number of aromatic nitrogens is 1. The molecule has 1 heterocycles. The van der Waals surface area contributed by atoms with Crippen molar-refractivity contribution in [3.05, 3.63) is 65.5 Å². The van der Waals surface area contributed by atoms with E-state index in [9.17, 15) is 0 Å². The molecule has 2 aromatic carbocycles. The molecule has 0 saturated carbocycles. The molecule has 0 aliphatic rings. The second-order valence-corrected chi connectivity index (χ2v) is 5.60. The van der Waals surface area contributed by atoms with Gasteiger partial charge in [-0.05, 0) is 19.1 Å². The smallest absolute Gasteiger partial charge is 0.203 e. The largest absolute Gasteiger partial charge is 0.493 e. The quantitative estimate of drug-likeness (QED) is 0.530. The fourth-order valence-electron chi connectivity index (χ4n) is 2.10. The molecule has 0 atom stereocenters. The number of hydrogen-bond acceptors (Lipinski definition) is 5. The van der Waals surface area contributed by atoms with Gasteiger partial charge in [-0.2, -0.15) is 5.10 Å². The van der Waals surface area contributed by atoms with Crippen molar-refractivity contribution < 1.29 is 4.74 Å². The van der Waals surface area contributed by atoms with E-state index in [1.54, 1.807) is 6.21 Å². The third kappa shape index (κ3) is 3.96. The Morgan fingerprint density at radius 3 is 2.74 bits per heavy atom. The monoisotopic (exact) mass is 323 g/mol. The highest BCUT2D eigenvalue weighted by Crippen LogP contribution is 2.24. The summed E-state index contributed by atoms with van der Waals surface area (Å²) in [6.07, 6.45) is 1.74. The van der Waals surface area contributed by atoms with Gasteiger partial charge in [-0.3, -0.25) is 5.43 Å². The summed E-state index contributed by atoms with van der Waals surface area (Å²) < 4.78 is 5.57. The van der Waals surface area contributed by atoms with E-state index < -0.39 is 0 Å². The minimum absolute atomic E-state index is 0.630. The second kappa shape index (κ2) is 7.56. The van der Waals surface area contributed by atoms with Crippen LogP contribution >= 0.6 is 11.3 Å². The SMILES string of the molecule is CCOc1ccccc1/C=N/Nc1nc(-c2ccccc2)cs1. The second-order valence-electron chi connectivity index (χ2n) is 4.74. The first-order valence-corrected chi connectivity index (χ1v) is 8.26. The third-order valence-corrected chi connectivity index (χ3v) is 3.90. The van der Waals surface area contributed by atoms with E-state index in [4.69, 9.17) is 4.74 Å². The van der Waals surface area contributed by atoms with Gasteiger partial charge in [0.1, 0.15) is 5.75 Å². The number of anilines is 1. The summed E-state index contributed by atoms with van der Waals surface area (Å²) >= 11 is 1.53. The number of ether oxygens (including phenoxy) is 1. The van der Waals surface area contributed by atoms with Crippen LogP contribution in [-0.2, 0) is 0 Å². The van der Waals surface area contributed by atoms with Crippen molar-refractivity contribution >= 4 is 22.7 Å². The van der Waals surface area contributed by atoms with Crippen LogP contribution in [0.2, 0.25) is 0 Å². The first kappa shape index (κ1) is 15.2. The number of hydrazone groups is 1. The highest BCUT2D eigenvalue weighted by atomic mass is 32.1. The van der Waals surface area contributed by atoms with Crippen molar-refractivity contribution in [2.75, 3.05) is 12.0 Å². The van der Waals surface area contributed by atoms with Crippen LogP contribution < -0.4 is 10.2 Å². The van der Waals surface area contributed by atoms with Gasteiger partial charge < -0.3 is 4.74 Å². The van der Waals surface area contributed by atoms with Crippen LogP contribution in [0.25, 0.3) is 11.3 Å². The van der Waals surface area contributed by atoms with Gasteiger partial charge in [0.25, 0.3) is 0 Å². The molecule has 0 amide bonds. The van der Waals surface area contributed by atoms with Crippen LogP contribution in [0.5, 0.6) is 5.75 Å². The molecule has 0 spiro atoms. The van der Waals surface area contributed by atoms with Gasteiger partial charge in [-0.1, -0.05) is 42.5 Å². The van der Waals surface area contributed by atoms with E-state index in [0.717, 1.165) is 27.7 Å². The maximum absolute atomic E-state index is 5.57. The Labute approximate surface area is 139 Å². The van der Waals surface area contributed by atoms with Gasteiger partial charge in [0.15, 0.2) is 0 Å². The van der Waals surface area contributed by atoms with Gasteiger partial charge in [0.2, 0.25) is 5.13 Å². The summed E-state index contributed by atoms with van der Waals surface area (Å²) in [5, 5.41) is 7.03. The lowest BCUT2D eigenvalue weighted by Crippen LogP contribution is -1.97. The Kier molecular flexibility index (Phi) is 5.01. The van der Waals surface area contributed by atoms with E-state index >= 15 is 0 Å². The van der Waals surface area contributed by atoms with Crippen molar-refractivity contribution in [3.63, 3.8) is 0 Å². The zero-order valence-electron chi connectivity index (χ0n) is 12.8. The first-order chi connectivity index (χ1) is 11.4. The third-order valence-electron chi connectivity index (χ3n) is 3.16. The number of nitrogens with one attached hydrogen (secondary N) is 1. The minimum atomic E-state index is 0.630. The lowest BCUT2D eigenvalue weighted by atomic mass is 10.2. The van der Waals surface area contributed by atoms with E-state index in [1.165, 1.54) is 11.3 Å². The number of benzene rings is 2. The molecule has 0 radical (unpaired) electrons. The molecule has 0 aliphatic heterocycles. The van der Waals surface area contributed by atoms with Crippen LogP contribution in [0.4, 0.5) is 5.13 Å². The average Bonchev–Trinajstić information content (AvgIpc) is 3.06. The van der Waals surface area contributed by atoms with Crippen LogP contribution in [0, 0.1) is 0 Å². The molecular weight excluding hydrogens is 306 g/mol. The normalized spacial score (nSPS) is 10.8. The summed E-state index contributed by atoms with van der Waals surface area (Å²) in [4.78, 5) is 4.53. The summed E-state index contributed by atoms with van der Waals surface area (Å²) in [6.45, 7) is 2.60. The Morgan fingerprint density at radius 1 is 1.13 bits per heavy atom. The molecule has 23 heavy (non-hydrogen) atoms. The van der Waals surface area contributed by atoms with Crippen molar-refractivity contribution in [1.29, 1.82) is 0 Å². The maximum Gasteiger partial charge on any atom is 0.203 e. The highest BCUT2D eigenvalue weighted by Gasteiger charge is 2.03. The molecule has 0 fully saturated rings. The van der Waals surface area contributed by atoms with Gasteiger partial charge >= 0.3 is 0 Å². The lowest BCUT2D eigenvalue weighted by Gasteiger charge is -2.05. The fraction of sp³-hybridized carbons (Fsp3) is 0.111. The number of nitrogens with zero attached hydrogens (tertiary/aromatic N) is 2. The topological polar surface area (TPSA) is 46.5 Å². The number of thiazole rings is 1. The van der Waals surface area contributed by atoms with Crippen molar-refractivity contribution in [1.82, 2.24) is 4.98 Å². The molecule has 4 nitrogen and oxygen atoms in total.